The average Bonchev–Trinajstić information content (AvgIpc) is 3.46. The van der Waals surface area contributed by atoms with E-state index in [1.165, 1.54) is 24.7 Å². The Morgan fingerprint density at radius 1 is 1.00 bits per heavy atom. The Morgan fingerprint density at radius 2 is 1.79 bits per heavy atom. The molecule has 9 heteroatoms. The number of rotatable bonds is 5. The Balaban J connectivity index is 1.46. The lowest BCUT2D eigenvalue weighted by atomic mass is 9.90. The van der Waals surface area contributed by atoms with Crippen molar-refractivity contribution < 1.29 is 4.52 Å². The first-order valence-corrected chi connectivity index (χ1v) is 12.1. The number of likely N-dealkylation sites (tertiary alicyclic amines) is 1. The first-order chi connectivity index (χ1) is 16.5. The van der Waals surface area contributed by atoms with E-state index in [0.717, 1.165) is 42.9 Å². The number of hydrogen-bond donors (Lipinski definition) is 1. The van der Waals surface area contributed by atoms with E-state index in [4.69, 9.17) is 20.3 Å². The molecule has 1 saturated heterocycles. The largest absolute Gasteiger partial charge is 0.383 e. The van der Waals surface area contributed by atoms with E-state index in [9.17, 15) is 0 Å². The van der Waals surface area contributed by atoms with Gasteiger partial charge in [0, 0.05) is 18.2 Å². The highest BCUT2D eigenvalue weighted by Crippen LogP contribution is 2.48. The second-order valence-electron chi connectivity index (χ2n) is 9.94. The van der Waals surface area contributed by atoms with E-state index in [2.05, 4.69) is 53.1 Å². The number of nitrogen functional groups attached to an aromatic ring is 1. The third-order valence-corrected chi connectivity index (χ3v) is 7.13. The maximum Gasteiger partial charge on any atom is 0.164 e. The van der Waals surface area contributed by atoms with Crippen molar-refractivity contribution >= 4 is 16.9 Å². The molecule has 1 aliphatic carbocycles. The van der Waals surface area contributed by atoms with E-state index in [-0.39, 0.29) is 6.04 Å². The van der Waals surface area contributed by atoms with Gasteiger partial charge in [-0.1, -0.05) is 11.2 Å². The molecule has 2 fully saturated rings. The number of pyridine rings is 1. The molecule has 9 nitrogen and oxygen atoms in total. The van der Waals surface area contributed by atoms with Crippen LogP contribution in [-0.4, -0.2) is 54.9 Å². The lowest BCUT2D eigenvalue weighted by Gasteiger charge is -2.29. The predicted molar refractivity (Wildman–Crippen MR) is 130 cm³/mol. The van der Waals surface area contributed by atoms with Crippen LogP contribution in [0.2, 0.25) is 0 Å². The lowest BCUT2D eigenvalue weighted by molar-refractivity contribution is 0.255. The smallest absolute Gasteiger partial charge is 0.164 e. The molecule has 2 aliphatic rings. The Hall–Kier alpha value is -3.33. The maximum absolute atomic E-state index is 6.31. The monoisotopic (exact) mass is 458 g/mol. The minimum Gasteiger partial charge on any atom is -0.383 e. The summed E-state index contributed by atoms with van der Waals surface area (Å²) in [6.07, 6.45) is 8.04. The van der Waals surface area contributed by atoms with Crippen molar-refractivity contribution in [2.75, 3.05) is 25.9 Å². The topological polar surface area (TPSA) is 112 Å². The Morgan fingerprint density at radius 3 is 2.47 bits per heavy atom. The Kier molecular flexibility index (Phi) is 5.09. The summed E-state index contributed by atoms with van der Waals surface area (Å²) in [7, 11) is 2.19. The van der Waals surface area contributed by atoms with Gasteiger partial charge in [0.2, 0.25) is 0 Å². The molecule has 0 unspecified atom stereocenters. The first-order valence-electron chi connectivity index (χ1n) is 12.1. The third-order valence-electron chi connectivity index (χ3n) is 7.13. The molecule has 176 valence electrons. The zero-order valence-electron chi connectivity index (χ0n) is 19.9. The van der Waals surface area contributed by atoms with Crippen molar-refractivity contribution in [1.29, 1.82) is 0 Å². The van der Waals surface area contributed by atoms with Gasteiger partial charge in [-0.3, -0.25) is 4.98 Å². The molecule has 0 bridgehead atoms. The number of fused-ring (bicyclic) bond motifs is 1. The zero-order chi connectivity index (χ0) is 23.4. The van der Waals surface area contributed by atoms with Gasteiger partial charge >= 0.3 is 0 Å². The standard InChI is InChI=1S/C25H30N8O/c1-14(2)33-25-20(24(26)28-13-29-25)21(30-33)22-19(23(34-31-22)16-4-5-16)18-7-6-17(12-27-18)15-8-10-32(3)11-9-15/h6-7,12-16H,4-5,8-11H2,1-3H3,(H2,26,28,29). The van der Waals surface area contributed by atoms with Gasteiger partial charge in [0.25, 0.3) is 0 Å². The Bertz CT molecular complexity index is 1330. The van der Waals surface area contributed by atoms with Crippen LogP contribution in [0.4, 0.5) is 5.82 Å². The number of hydrogen-bond acceptors (Lipinski definition) is 8. The normalized spacial score (nSPS) is 17.8. The van der Waals surface area contributed by atoms with Crippen molar-refractivity contribution in [1.82, 2.24) is 34.8 Å². The van der Waals surface area contributed by atoms with E-state index < -0.39 is 0 Å². The lowest BCUT2D eigenvalue weighted by Crippen LogP contribution is -2.29. The van der Waals surface area contributed by atoms with E-state index >= 15 is 0 Å². The van der Waals surface area contributed by atoms with Crippen LogP contribution in [0.1, 0.15) is 68.7 Å². The molecule has 0 spiro atoms. The summed E-state index contributed by atoms with van der Waals surface area (Å²) in [5.41, 5.74) is 11.4. The summed E-state index contributed by atoms with van der Waals surface area (Å²) < 4.78 is 7.79. The van der Waals surface area contributed by atoms with Crippen LogP contribution >= 0.6 is 0 Å². The molecule has 5 heterocycles. The first kappa shape index (κ1) is 21.2. The minimum absolute atomic E-state index is 0.107. The summed E-state index contributed by atoms with van der Waals surface area (Å²) in [4.78, 5) is 16.0. The van der Waals surface area contributed by atoms with Gasteiger partial charge in [-0.15, -0.1) is 0 Å². The maximum atomic E-state index is 6.31. The van der Waals surface area contributed by atoms with Crippen molar-refractivity contribution in [2.45, 2.75) is 57.4 Å². The predicted octanol–water partition coefficient (Wildman–Crippen LogP) is 4.39. The minimum atomic E-state index is 0.107. The van der Waals surface area contributed by atoms with Crippen LogP contribution in [0.5, 0.6) is 0 Å². The molecule has 4 aromatic heterocycles. The molecular formula is C25H30N8O. The number of nitrogens with zero attached hydrogens (tertiary/aromatic N) is 7. The average molecular weight is 459 g/mol. The third kappa shape index (κ3) is 3.55. The molecule has 2 N–H and O–H groups in total. The summed E-state index contributed by atoms with van der Waals surface area (Å²) in [6.45, 7) is 6.39. The van der Waals surface area contributed by atoms with Crippen LogP contribution in [0.25, 0.3) is 33.7 Å². The van der Waals surface area contributed by atoms with Crippen molar-refractivity contribution in [3.8, 4) is 22.6 Å². The van der Waals surface area contributed by atoms with Gasteiger partial charge < -0.3 is 15.2 Å². The molecule has 34 heavy (non-hydrogen) atoms. The number of aromatic nitrogens is 6. The van der Waals surface area contributed by atoms with Gasteiger partial charge in [0.1, 0.15) is 29.3 Å². The fourth-order valence-electron chi connectivity index (χ4n) is 4.99. The van der Waals surface area contributed by atoms with Gasteiger partial charge in [-0.2, -0.15) is 5.10 Å². The highest BCUT2D eigenvalue weighted by atomic mass is 16.5. The van der Waals surface area contributed by atoms with Crippen molar-refractivity contribution in [3.63, 3.8) is 0 Å². The van der Waals surface area contributed by atoms with Crippen LogP contribution in [0.3, 0.4) is 0 Å². The second kappa shape index (κ2) is 8.16. The van der Waals surface area contributed by atoms with Crippen LogP contribution in [0.15, 0.2) is 29.2 Å². The molecule has 0 radical (unpaired) electrons. The summed E-state index contributed by atoms with van der Waals surface area (Å²) >= 11 is 0. The van der Waals surface area contributed by atoms with E-state index in [0.29, 0.717) is 40.1 Å². The van der Waals surface area contributed by atoms with Crippen LogP contribution in [0, 0.1) is 0 Å². The van der Waals surface area contributed by atoms with Gasteiger partial charge in [0.15, 0.2) is 5.65 Å². The highest BCUT2D eigenvalue weighted by molar-refractivity contribution is 6.00. The molecule has 1 saturated carbocycles. The van der Waals surface area contributed by atoms with E-state index in [1.54, 1.807) is 0 Å². The number of piperidine rings is 1. The summed E-state index contributed by atoms with van der Waals surface area (Å²) in [5.74, 6) is 2.21. The molecule has 6 rings (SSSR count). The molecular weight excluding hydrogens is 428 g/mol. The summed E-state index contributed by atoms with van der Waals surface area (Å²) in [6, 6.07) is 4.43. The zero-order valence-corrected chi connectivity index (χ0v) is 19.9. The van der Waals surface area contributed by atoms with Gasteiger partial charge in [0.05, 0.1) is 16.6 Å². The number of anilines is 1. The molecule has 0 atom stereocenters. The SMILES string of the molecule is CC(C)n1nc(-c2noc(C3CC3)c2-c2ccc(C3CCN(C)CC3)cn2)c2c(N)ncnc21. The quantitative estimate of drug-likeness (QED) is 0.468. The van der Waals surface area contributed by atoms with Crippen LogP contribution < -0.4 is 5.73 Å². The van der Waals surface area contributed by atoms with E-state index in [1.807, 2.05) is 10.9 Å². The molecule has 0 aromatic carbocycles. The van der Waals surface area contributed by atoms with Crippen LogP contribution in [-0.2, 0) is 0 Å². The molecule has 1 aliphatic heterocycles. The van der Waals surface area contributed by atoms with Gasteiger partial charge in [-0.05, 0) is 77.2 Å². The molecule has 0 amide bonds. The Labute approximate surface area is 198 Å². The fourth-order valence-corrected chi connectivity index (χ4v) is 4.99. The van der Waals surface area contributed by atoms with Crippen molar-refractivity contribution in [2.24, 2.45) is 0 Å². The number of nitrogens with two attached hydrogens (primary N) is 1. The molecule has 4 aromatic rings. The second-order valence-corrected chi connectivity index (χ2v) is 9.94. The summed E-state index contributed by atoms with van der Waals surface area (Å²) in [5, 5.41) is 10.1. The highest BCUT2D eigenvalue weighted by Gasteiger charge is 2.35. The van der Waals surface area contributed by atoms with Gasteiger partial charge in [-0.25, -0.2) is 14.6 Å². The van der Waals surface area contributed by atoms with Crippen molar-refractivity contribution in [3.05, 3.63) is 36.0 Å². The fraction of sp³-hybridized carbons (Fsp3) is 0.480.